The fraction of sp³-hybridized carbons (Fsp3) is 0.231. The summed E-state index contributed by atoms with van der Waals surface area (Å²) in [5, 5.41) is 31.4. The molecule has 0 radical (unpaired) electrons. The lowest BCUT2D eigenvalue weighted by Crippen LogP contribution is -2.11. The molecule has 1 aromatic carbocycles. The van der Waals surface area contributed by atoms with E-state index in [1.165, 1.54) is 15.8 Å². The van der Waals surface area contributed by atoms with Crippen LogP contribution in [0.4, 0.5) is 0 Å². The molecule has 0 saturated carbocycles. The van der Waals surface area contributed by atoms with E-state index < -0.39 is 5.75 Å². The number of phenolic OH excluding ortho intramolecular Hbond substituents is 3. The van der Waals surface area contributed by atoms with Gasteiger partial charge in [0.1, 0.15) is 0 Å². The Morgan fingerprint density at radius 1 is 1.00 bits per heavy atom. The fourth-order valence-corrected chi connectivity index (χ4v) is 2.51. The van der Waals surface area contributed by atoms with Crippen molar-refractivity contribution in [2.24, 2.45) is 0 Å². The number of rotatable bonds is 4. The van der Waals surface area contributed by atoms with E-state index in [9.17, 15) is 15.3 Å². The zero-order valence-electron chi connectivity index (χ0n) is 9.97. The molecule has 5 heteroatoms. The standard InChI is InChI=1S/C13H15NO3S/c1-8-2-4-10(18-8)7-14-6-9-3-5-11(15)13(17)12(9)16/h2-5,14-17H,6-7H2,1H3. The SMILES string of the molecule is Cc1ccc(CNCc2ccc(O)c(O)c2O)s1. The van der Waals surface area contributed by atoms with Crippen LogP contribution in [0.25, 0.3) is 0 Å². The monoisotopic (exact) mass is 265 g/mol. The van der Waals surface area contributed by atoms with Crippen LogP contribution in [0.3, 0.4) is 0 Å². The average molecular weight is 265 g/mol. The number of phenols is 3. The molecule has 0 fully saturated rings. The summed E-state index contributed by atoms with van der Waals surface area (Å²) in [5.41, 5.74) is 0.554. The summed E-state index contributed by atoms with van der Waals surface area (Å²) in [6.07, 6.45) is 0. The summed E-state index contributed by atoms with van der Waals surface area (Å²) in [6, 6.07) is 7.06. The van der Waals surface area contributed by atoms with Gasteiger partial charge in [-0.25, -0.2) is 0 Å². The Morgan fingerprint density at radius 2 is 1.78 bits per heavy atom. The Kier molecular flexibility index (Phi) is 3.74. The van der Waals surface area contributed by atoms with Crippen molar-refractivity contribution in [1.82, 2.24) is 5.32 Å². The van der Waals surface area contributed by atoms with E-state index in [1.807, 2.05) is 0 Å². The van der Waals surface area contributed by atoms with Gasteiger partial charge in [0, 0.05) is 28.4 Å². The zero-order valence-corrected chi connectivity index (χ0v) is 10.8. The molecule has 2 aromatic rings. The molecule has 18 heavy (non-hydrogen) atoms. The Morgan fingerprint density at radius 3 is 2.44 bits per heavy atom. The van der Waals surface area contributed by atoms with Gasteiger partial charge in [0.15, 0.2) is 11.5 Å². The van der Waals surface area contributed by atoms with Gasteiger partial charge in [0.25, 0.3) is 0 Å². The van der Waals surface area contributed by atoms with Crippen molar-refractivity contribution < 1.29 is 15.3 Å². The Hall–Kier alpha value is -1.72. The van der Waals surface area contributed by atoms with E-state index in [-0.39, 0.29) is 11.5 Å². The maximum absolute atomic E-state index is 9.63. The second-order valence-electron chi connectivity index (χ2n) is 4.06. The number of nitrogens with one attached hydrogen (secondary N) is 1. The third-order valence-electron chi connectivity index (χ3n) is 2.62. The number of hydrogen-bond acceptors (Lipinski definition) is 5. The molecule has 0 unspecified atom stereocenters. The smallest absolute Gasteiger partial charge is 0.200 e. The molecule has 96 valence electrons. The molecule has 2 rings (SSSR count). The molecule has 4 N–H and O–H groups in total. The summed E-state index contributed by atoms with van der Waals surface area (Å²) in [4.78, 5) is 2.48. The van der Waals surface area contributed by atoms with Crippen LogP contribution in [0.1, 0.15) is 15.3 Å². The molecule has 0 bridgehead atoms. The van der Waals surface area contributed by atoms with Crippen LogP contribution in [-0.4, -0.2) is 15.3 Å². The van der Waals surface area contributed by atoms with Gasteiger partial charge >= 0.3 is 0 Å². The molecule has 1 heterocycles. The number of hydrogen-bond donors (Lipinski definition) is 4. The van der Waals surface area contributed by atoms with Crippen molar-refractivity contribution in [2.45, 2.75) is 20.0 Å². The van der Waals surface area contributed by atoms with Gasteiger partial charge in [-0.2, -0.15) is 0 Å². The quantitative estimate of drug-likeness (QED) is 0.641. The van der Waals surface area contributed by atoms with Gasteiger partial charge in [-0.15, -0.1) is 11.3 Å². The maximum atomic E-state index is 9.63. The van der Waals surface area contributed by atoms with Crippen LogP contribution in [0.2, 0.25) is 0 Å². The largest absolute Gasteiger partial charge is 0.504 e. The van der Waals surface area contributed by atoms with Crippen LogP contribution >= 0.6 is 11.3 Å². The van der Waals surface area contributed by atoms with E-state index in [2.05, 4.69) is 24.4 Å². The van der Waals surface area contributed by atoms with Gasteiger partial charge in [0.2, 0.25) is 5.75 Å². The lowest BCUT2D eigenvalue weighted by atomic mass is 10.1. The highest BCUT2D eigenvalue weighted by molar-refractivity contribution is 7.11. The van der Waals surface area contributed by atoms with Gasteiger partial charge in [-0.3, -0.25) is 0 Å². The summed E-state index contributed by atoms with van der Waals surface area (Å²) < 4.78 is 0. The first kappa shape index (κ1) is 12.7. The van der Waals surface area contributed by atoms with Gasteiger partial charge in [0.05, 0.1) is 0 Å². The van der Waals surface area contributed by atoms with Gasteiger partial charge in [-0.1, -0.05) is 6.07 Å². The molecule has 1 aromatic heterocycles. The van der Waals surface area contributed by atoms with Gasteiger partial charge in [-0.05, 0) is 25.1 Å². The molecule has 0 atom stereocenters. The molecule has 0 aliphatic rings. The topological polar surface area (TPSA) is 72.7 Å². The number of benzene rings is 1. The molecule has 4 nitrogen and oxygen atoms in total. The van der Waals surface area contributed by atoms with Crippen molar-refractivity contribution in [1.29, 1.82) is 0 Å². The normalized spacial score (nSPS) is 10.7. The van der Waals surface area contributed by atoms with Crippen LogP contribution in [-0.2, 0) is 13.1 Å². The minimum absolute atomic E-state index is 0.273. The first-order valence-electron chi connectivity index (χ1n) is 5.56. The van der Waals surface area contributed by atoms with E-state index in [4.69, 9.17) is 0 Å². The Balaban J connectivity index is 1.96. The van der Waals surface area contributed by atoms with E-state index >= 15 is 0 Å². The second kappa shape index (κ2) is 5.29. The maximum Gasteiger partial charge on any atom is 0.200 e. The average Bonchev–Trinajstić information content (AvgIpc) is 2.75. The van der Waals surface area contributed by atoms with Crippen molar-refractivity contribution in [3.05, 3.63) is 39.6 Å². The molecule has 0 aliphatic heterocycles. The van der Waals surface area contributed by atoms with E-state index in [1.54, 1.807) is 17.4 Å². The molecular weight excluding hydrogens is 250 g/mol. The van der Waals surface area contributed by atoms with Crippen molar-refractivity contribution in [2.75, 3.05) is 0 Å². The summed E-state index contributed by atoms with van der Waals surface area (Å²) in [7, 11) is 0. The molecule has 0 aliphatic carbocycles. The first-order chi connectivity index (χ1) is 8.58. The van der Waals surface area contributed by atoms with E-state index in [0.717, 1.165) is 0 Å². The third kappa shape index (κ3) is 2.75. The predicted octanol–water partition coefficient (Wildman–Crippen LogP) is 2.46. The Bertz CT molecular complexity index is 551. The van der Waals surface area contributed by atoms with Crippen LogP contribution < -0.4 is 5.32 Å². The van der Waals surface area contributed by atoms with Crippen molar-refractivity contribution in [3.63, 3.8) is 0 Å². The number of aryl methyl sites for hydroxylation is 1. The summed E-state index contributed by atoms with van der Waals surface area (Å²) in [6.45, 7) is 3.19. The third-order valence-corrected chi connectivity index (χ3v) is 3.62. The lowest BCUT2D eigenvalue weighted by Gasteiger charge is -2.08. The zero-order chi connectivity index (χ0) is 13.1. The van der Waals surface area contributed by atoms with Crippen LogP contribution in [0.5, 0.6) is 17.2 Å². The van der Waals surface area contributed by atoms with E-state index in [0.29, 0.717) is 18.7 Å². The molecule has 0 amide bonds. The highest BCUT2D eigenvalue weighted by Crippen LogP contribution is 2.36. The van der Waals surface area contributed by atoms with Crippen molar-refractivity contribution in [3.8, 4) is 17.2 Å². The van der Waals surface area contributed by atoms with Crippen LogP contribution in [0, 0.1) is 6.92 Å². The predicted molar refractivity (Wildman–Crippen MR) is 71.0 cm³/mol. The van der Waals surface area contributed by atoms with Gasteiger partial charge < -0.3 is 20.6 Å². The summed E-state index contributed by atoms with van der Waals surface area (Å²) in [5.74, 6) is -1.06. The number of aromatic hydroxyl groups is 3. The molecule has 0 saturated heterocycles. The summed E-state index contributed by atoms with van der Waals surface area (Å²) >= 11 is 1.72. The first-order valence-corrected chi connectivity index (χ1v) is 6.38. The Labute approximate surface area is 109 Å². The highest BCUT2D eigenvalue weighted by atomic mass is 32.1. The minimum Gasteiger partial charge on any atom is -0.504 e. The second-order valence-corrected chi connectivity index (χ2v) is 5.43. The van der Waals surface area contributed by atoms with Crippen LogP contribution in [0.15, 0.2) is 24.3 Å². The minimum atomic E-state index is -0.471. The fourth-order valence-electron chi connectivity index (χ4n) is 1.65. The number of thiophene rings is 1. The highest BCUT2D eigenvalue weighted by Gasteiger charge is 2.10. The molecule has 0 spiro atoms. The van der Waals surface area contributed by atoms with Crippen molar-refractivity contribution >= 4 is 11.3 Å². The lowest BCUT2D eigenvalue weighted by molar-refractivity contribution is 0.364. The molecular formula is C13H15NO3S.